The number of likely N-dealkylation sites (tertiary alicyclic amines) is 1. The molecule has 0 saturated carbocycles. The summed E-state index contributed by atoms with van der Waals surface area (Å²) in [5.74, 6) is -0.693. The molecule has 7 nitrogen and oxygen atoms in total. The summed E-state index contributed by atoms with van der Waals surface area (Å²) in [6.45, 7) is 4.31. The van der Waals surface area contributed by atoms with Crippen LogP contribution in [-0.4, -0.2) is 64.4 Å². The Bertz CT molecular complexity index is 1380. The molecule has 3 aliphatic heterocycles. The van der Waals surface area contributed by atoms with Crippen LogP contribution in [0.1, 0.15) is 29.7 Å². The number of ether oxygens (including phenoxy) is 2. The lowest BCUT2D eigenvalue weighted by atomic mass is 10.0. The molecule has 2 atom stereocenters. The predicted octanol–water partition coefficient (Wildman–Crippen LogP) is 4.81. The molecule has 3 aliphatic rings. The third-order valence-electron chi connectivity index (χ3n) is 7.44. The molecular formula is C32H31N3O4S. The maximum absolute atomic E-state index is 14.1. The number of rotatable bonds is 8. The fourth-order valence-electron chi connectivity index (χ4n) is 5.32. The van der Waals surface area contributed by atoms with Gasteiger partial charge in [-0.25, -0.2) is 4.79 Å². The largest absolute Gasteiger partial charge is 0.448 e. The van der Waals surface area contributed by atoms with Crippen molar-refractivity contribution in [2.24, 2.45) is 4.99 Å². The maximum atomic E-state index is 14.1. The third kappa shape index (κ3) is 5.29. The highest BCUT2D eigenvalue weighted by atomic mass is 32.2. The summed E-state index contributed by atoms with van der Waals surface area (Å²) < 4.78 is 11.8. The van der Waals surface area contributed by atoms with E-state index < -0.39 is 18.1 Å². The van der Waals surface area contributed by atoms with Crippen LogP contribution < -0.4 is 0 Å². The van der Waals surface area contributed by atoms with Crippen LogP contribution in [0.2, 0.25) is 0 Å². The molecule has 0 bridgehead atoms. The van der Waals surface area contributed by atoms with E-state index in [1.165, 1.54) is 0 Å². The van der Waals surface area contributed by atoms with Crippen molar-refractivity contribution in [3.8, 4) is 0 Å². The zero-order valence-electron chi connectivity index (χ0n) is 22.3. The highest BCUT2D eigenvalue weighted by molar-refractivity contribution is 8.14. The number of carbonyl (C=O) groups excluding carboxylic acids is 2. The van der Waals surface area contributed by atoms with Crippen LogP contribution in [0.15, 0.2) is 107 Å². The summed E-state index contributed by atoms with van der Waals surface area (Å²) in [7, 11) is 0. The lowest BCUT2D eigenvalue weighted by Crippen LogP contribution is -2.61. The summed E-state index contributed by atoms with van der Waals surface area (Å²) in [5, 5.41) is 0.636. The van der Waals surface area contributed by atoms with E-state index in [-0.39, 0.29) is 17.0 Å². The van der Waals surface area contributed by atoms with Crippen molar-refractivity contribution in [2.75, 3.05) is 26.3 Å². The van der Waals surface area contributed by atoms with E-state index in [4.69, 9.17) is 14.5 Å². The van der Waals surface area contributed by atoms with Crippen LogP contribution in [0.4, 0.5) is 0 Å². The summed E-state index contributed by atoms with van der Waals surface area (Å²) in [4.78, 5) is 36.1. The van der Waals surface area contributed by atoms with E-state index >= 15 is 0 Å². The Hall–Kier alpha value is -3.88. The first-order valence-electron chi connectivity index (χ1n) is 13.5. The number of hydrogen-bond acceptors (Lipinski definition) is 7. The average molecular weight is 554 g/mol. The van der Waals surface area contributed by atoms with Crippen molar-refractivity contribution in [1.29, 1.82) is 0 Å². The topological polar surface area (TPSA) is 71.4 Å². The van der Waals surface area contributed by atoms with Crippen molar-refractivity contribution in [3.63, 3.8) is 0 Å². The summed E-state index contributed by atoms with van der Waals surface area (Å²) >= 11 is 1.56. The summed E-state index contributed by atoms with van der Waals surface area (Å²) in [6.07, 6.45) is 0.0473. The third-order valence-corrected chi connectivity index (χ3v) is 8.68. The van der Waals surface area contributed by atoms with E-state index in [0.29, 0.717) is 32.7 Å². The number of aliphatic imine (C=N–C) groups is 1. The smallest absolute Gasteiger partial charge is 0.357 e. The zero-order chi connectivity index (χ0) is 27.5. The maximum Gasteiger partial charge on any atom is 0.357 e. The molecule has 204 valence electrons. The molecule has 0 aliphatic carbocycles. The van der Waals surface area contributed by atoms with Crippen LogP contribution in [0, 0.1) is 0 Å². The minimum absolute atomic E-state index is 0.170. The van der Waals surface area contributed by atoms with Crippen molar-refractivity contribution < 1.29 is 19.1 Å². The number of carbonyl (C=O) groups is 2. The molecule has 0 aromatic heterocycles. The highest BCUT2D eigenvalue weighted by Gasteiger charge is 2.55. The number of morpholine rings is 1. The van der Waals surface area contributed by atoms with Gasteiger partial charge in [-0.1, -0.05) is 103 Å². The van der Waals surface area contributed by atoms with Gasteiger partial charge in [0.15, 0.2) is 12.1 Å². The molecule has 0 N–H and O–H groups in total. The summed E-state index contributed by atoms with van der Waals surface area (Å²) in [5.41, 5.74) is 3.87. The number of benzene rings is 3. The minimum Gasteiger partial charge on any atom is -0.448 e. The Labute approximate surface area is 238 Å². The Morgan fingerprint density at radius 3 is 2.12 bits per heavy atom. The van der Waals surface area contributed by atoms with E-state index in [1.54, 1.807) is 16.7 Å². The molecule has 2 fully saturated rings. The number of hydrogen-bond donors (Lipinski definition) is 0. The molecule has 2 unspecified atom stereocenters. The lowest BCUT2D eigenvalue weighted by Gasteiger charge is -2.43. The van der Waals surface area contributed by atoms with E-state index in [2.05, 4.69) is 17.0 Å². The molecule has 3 aromatic rings. The van der Waals surface area contributed by atoms with E-state index in [1.807, 2.05) is 85.8 Å². The van der Waals surface area contributed by atoms with Crippen molar-refractivity contribution in [1.82, 2.24) is 9.80 Å². The van der Waals surface area contributed by atoms with Gasteiger partial charge in [0.25, 0.3) is 5.91 Å². The van der Waals surface area contributed by atoms with Crippen LogP contribution in [0.25, 0.3) is 0 Å². The molecule has 40 heavy (non-hydrogen) atoms. The molecular weight excluding hydrogens is 522 g/mol. The molecule has 3 aromatic carbocycles. The number of β-lactam (4-membered cyclic amide) rings is 1. The fraction of sp³-hybridized carbons (Fsp3) is 0.281. The van der Waals surface area contributed by atoms with Gasteiger partial charge in [0.1, 0.15) is 11.1 Å². The van der Waals surface area contributed by atoms with Gasteiger partial charge in [-0.2, -0.15) is 0 Å². The van der Waals surface area contributed by atoms with Crippen molar-refractivity contribution in [2.45, 2.75) is 30.9 Å². The monoisotopic (exact) mass is 553 g/mol. The second kappa shape index (κ2) is 11.7. The van der Waals surface area contributed by atoms with Crippen LogP contribution in [-0.2, 0) is 25.5 Å². The Morgan fingerprint density at radius 2 is 1.52 bits per heavy atom. The molecule has 3 heterocycles. The van der Waals surface area contributed by atoms with E-state index in [0.717, 1.165) is 27.4 Å². The van der Waals surface area contributed by atoms with Gasteiger partial charge in [-0.3, -0.25) is 14.7 Å². The highest BCUT2D eigenvalue weighted by Crippen LogP contribution is 2.43. The SMILES string of the molecule is C/C(=C(/C(=O)OC(c1ccccc1)c1ccccc1)N1C(=O)C2N=C(Cc3ccccc3)SC21)N1CCOCC1. The number of thioether (sulfide) groups is 1. The number of nitrogens with zero attached hydrogens (tertiary/aromatic N) is 3. The van der Waals surface area contributed by atoms with E-state index in [9.17, 15) is 9.59 Å². The van der Waals surface area contributed by atoms with Gasteiger partial charge in [-0.05, 0) is 23.6 Å². The summed E-state index contributed by atoms with van der Waals surface area (Å²) in [6, 6.07) is 29.0. The fourth-order valence-corrected chi connectivity index (χ4v) is 6.65. The van der Waals surface area contributed by atoms with Gasteiger partial charge >= 0.3 is 5.97 Å². The Balaban J connectivity index is 1.30. The molecule has 0 radical (unpaired) electrons. The number of allylic oxidation sites excluding steroid dienone is 1. The van der Waals surface area contributed by atoms with Crippen molar-refractivity contribution in [3.05, 3.63) is 119 Å². The zero-order valence-corrected chi connectivity index (χ0v) is 23.1. The number of fused-ring (bicyclic) bond motifs is 1. The normalized spacial score (nSPS) is 20.9. The van der Waals surface area contributed by atoms with Gasteiger partial charge in [0.2, 0.25) is 0 Å². The van der Waals surface area contributed by atoms with Gasteiger partial charge < -0.3 is 14.4 Å². The van der Waals surface area contributed by atoms with Crippen LogP contribution in [0.3, 0.4) is 0 Å². The first-order chi connectivity index (χ1) is 19.6. The molecule has 0 spiro atoms. The van der Waals surface area contributed by atoms with Gasteiger partial charge in [0.05, 0.1) is 18.3 Å². The quantitative estimate of drug-likeness (QED) is 0.227. The average Bonchev–Trinajstić information content (AvgIpc) is 3.38. The first-order valence-corrected chi connectivity index (χ1v) is 14.4. The van der Waals surface area contributed by atoms with Gasteiger partial charge in [-0.15, -0.1) is 0 Å². The van der Waals surface area contributed by atoms with Crippen LogP contribution >= 0.6 is 11.8 Å². The molecule has 8 heteroatoms. The first kappa shape index (κ1) is 26.3. The minimum atomic E-state index is -0.615. The Kier molecular flexibility index (Phi) is 7.71. The van der Waals surface area contributed by atoms with Gasteiger partial charge in [0, 0.05) is 25.2 Å². The molecule has 2 saturated heterocycles. The lowest BCUT2D eigenvalue weighted by molar-refractivity contribution is -0.153. The standard InChI is InChI=1S/C32H31N3O4S/c1-22(34-17-19-38-20-18-34)28(32(37)39-29(24-13-7-3-8-14-24)25-15-9-4-10-16-25)35-30(36)27-31(35)40-26(33-27)21-23-11-5-2-6-12-23/h2-16,27,29,31H,17-21H2,1H3/b28-22+. The second-order valence-electron chi connectivity index (χ2n) is 9.99. The molecule has 1 amide bonds. The predicted molar refractivity (Wildman–Crippen MR) is 156 cm³/mol. The van der Waals surface area contributed by atoms with Crippen LogP contribution in [0.5, 0.6) is 0 Å². The number of esters is 1. The van der Waals surface area contributed by atoms with Crippen molar-refractivity contribution >= 4 is 28.7 Å². The Morgan fingerprint density at radius 1 is 0.950 bits per heavy atom. The number of amides is 1. The second-order valence-corrected chi connectivity index (χ2v) is 11.2. The molecule has 6 rings (SSSR count).